The Hall–Kier alpha value is -1.58. The number of esters is 1. The fourth-order valence-corrected chi connectivity index (χ4v) is 0.981. The van der Waals surface area contributed by atoms with Crippen LogP contribution < -0.4 is 5.32 Å². The maximum atomic E-state index is 11.3. The highest BCUT2D eigenvalue weighted by Gasteiger charge is 2.10. The molecule has 1 rings (SSSR count). The van der Waals surface area contributed by atoms with Gasteiger partial charge in [0.25, 0.3) is 0 Å². The molecule has 0 fully saturated rings. The summed E-state index contributed by atoms with van der Waals surface area (Å²) in [6.07, 6.45) is 3.15. The van der Waals surface area contributed by atoms with Crippen LogP contribution in [-0.4, -0.2) is 24.6 Å². The van der Waals surface area contributed by atoms with Gasteiger partial charge in [-0.15, -0.1) is 0 Å². The minimum absolute atomic E-state index is 0.325. The summed E-state index contributed by atoms with van der Waals surface area (Å²) >= 11 is 0. The third kappa shape index (κ3) is 2.18. The number of anilines is 1. The molecule has 1 aromatic heterocycles. The summed E-state index contributed by atoms with van der Waals surface area (Å²) in [5.74, 6) is -0.325. The van der Waals surface area contributed by atoms with Crippen molar-refractivity contribution in [3.63, 3.8) is 0 Å². The van der Waals surface area contributed by atoms with E-state index in [1.165, 1.54) is 0 Å². The maximum Gasteiger partial charge on any atom is 0.340 e. The summed E-state index contributed by atoms with van der Waals surface area (Å²) < 4.78 is 4.86. The van der Waals surface area contributed by atoms with E-state index in [1.807, 2.05) is 0 Å². The normalized spacial score (nSPS) is 9.38. The highest BCUT2D eigenvalue weighted by molar-refractivity contribution is 5.95. The van der Waals surface area contributed by atoms with Crippen molar-refractivity contribution in [3.05, 3.63) is 24.0 Å². The number of ether oxygens (including phenoxy) is 1. The van der Waals surface area contributed by atoms with E-state index in [-0.39, 0.29) is 5.97 Å². The Morgan fingerprint density at radius 2 is 2.46 bits per heavy atom. The summed E-state index contributed by atoms with van der Waals surface area (Å²) in [5, 5.41) is 2.87. The van der Waals surface area contributed by atoms with Crippen LogP contribution in [0.1, 0.15) is 17.3 Å². The number of rotatable bonds is 3. The number of hydrogen-bond donors (Lipinski definition) is 1. The molecule has 1 aromatic rings. The van der Waals surface area contributed by atoms with Gasteiger partial charge in [0.15, 0.2) is 0 Å². The number of nitrogens with zero attached hydrogens (tertiary/aromatic N) is 1. The smallest absolute Gasteiger partial charge is 0.340 e. The number of hydrogen-bond acceptors (Lipinski definition) is 4. The maximum absolute atomic E-state index is 11.3. The van der Waals surface area contributed by atoms with Gasteiger partial charge in [-0.1, -0.05) is 0 Å². The lowest BCUT2D eigenvalue weighted by molar-refractivity contribution is 0.0527. The van der Waals surface area contributed by atoms with E-state index in [4.69, 9.17) is 4.74 Å². The molecule has 0 saturated carbocycles. The summed E-state index contributed by atoms with van der Waals surface area (Å²) in [4.78, 5) is 15.2. The zero-order chi connectivity index (χ0) is 9.68. The SMILES string of the molecule is CCOC(=O)c1ccncc1NC. The van der Waals surface area contributed by atoms with E-state index in [2.05, 4.69) is 10.3 Å². The molecule has 4 nitrogen and oxygen atoms in total. The van der Waals surface area contributed by atoms with E-state index in [0.29, 0.717) is 17.9 Å². The summed E-state index contributed by atoms with van der Waals surface area (Å²) in [5.41, 5.74) is 1.19. The van der Waals surface area contributed by atoms with Crippen molar-refractivity contribution >= 4 is 11.7 Å². The van der Waals surface area contributed by atoms with Gasteiger partial charge >= 0.3 is 5.97 Å². The highest BCUT2D eigenvalue weighted by Crippen LogP contribution is 2.13. The third-order valence-electron chi connectivity index (χ3n) is 1.59. The molecule has 4 heteroatoms. The number of aromatic nitrogens is 1. The zero-order valence-corrected chi connectivity index (χ0v) is 7.70. The van der Waals surface area contributed by atoms with Crippen molar-refractivity contribution in [1.82, 2.24) is 4.98 Å². The quantitative estimate of drug-likeness (QED) is 0.712. The van der Waals surface area contributed by atoms with Crippen LogP contribution in [0, 0.1) is 0 Å². The zero-order valence-electron chi connectivity index (χ0n) is 7.70. The van der Waals surface area contributed by atoms with Crippen LogP contribution in [-0.2, 0) is 4.74 Å². The second-order valence-corrected chi connectivity index (χ2v) is 2.39. The van der Waals surface area contributed by atoms with E-state index in [0.717, 1.165) is 0 Å². The van der Waals surface area contributed by atoms with Crippen molar-refractivity contribution in [2.24, 2.45) is 0 Å². The van der Waals surface area contributed by atoms with Crippen LogP contribution in [0.25, 0.3) is 0 Å². The number of nitrogens with one attached hydrogen (secondary N) is 1. The number of carbonyl (C=O) groups is 1. The Morgan fingerprint density at radius 1 is 1.69 bits per heavy atom. The molecule has 0 aliphatic carbocycles. The Labute approximate surface area is 76.9 Å². The third-order valence-corrected chi connectivity index (χ3v) is 1.59. The van der Waals surface area contributed by atoms with Crippen molar-refractivity contribution in [2.45, 2.75) is 6.92 Å². The van der Waals surface area contributed by atoms with Crippen LogP contribution in [0.4, 0.5) is 5.69 Å². The van der Waals surface area contributed by atoms with Crippen molar-refractivity contribution in [3.8, 4) is 0 Å². The monoisotopic (exact) mass is 180 g/mol. The van der Waals surface area contributed by atoms with E-state index >= 15 is 0 Å². The van der Waals surface area contributed by atoms with Gasteiger partial charge in [-0.05, 0) is 13.0 Å². The molecule has 1 N–H and O–H groups in total. The van der Waals surface area contributed by atoms with Gasteiger partial charge in [0.05, 0.1) is 24.1 Å². The Bertz CT molecular complexity index is 299. The molecule has 0 bridgehead atoms. The molecule has 0 atom stereocenters. The topological polar surface area (TPSA) is 51.2 Å². The molecule has 0 unspecified atom stereocenters. The Morgan fingerprint density at radius 3 is 3.08 bits per heavy atom. The van der Waals surface area contributed by atoms with Crippen molar-refractivity contribution < 1.29 is 9.53 Å². The van der Waals surface area contributed by atoms with Crippen LogP contribution in [0.2, 0.25) is 0 Å². The van der Waals surface area contributed by atoms with Crippen molar-refractivity contribution in [1.29, 1.82) is 0 Å². The Balaban J connectivity index is 2.92. The molecular formula is C9H12N2O2. The predicted molar refractivity (Wildman–Crippen MR) is 49.7 cm³/mol. The fourth-order valence-electron chi connectivity index (χ4n) is 0.981. The molecule has 0 saturated heterocycles. The molecule has 0 spiro atoms. The predicted octanol–water partition coefficient (Wildman–Crippen LogP) is 1.30. The molecule has 0 aliphatic heterocycles. The van der Waals surface area contributed by atoms with Crippen LogP contribution in [0.15, 0.2) is 18.5 Å². The second-order valence-electron chi connectivity index (χ2n) is 2.39. The first-order valence-corrected chi connectivity index (χ1v) is 4.08. The van der Waals surface area contributed by atoms with Gasteiger partial charge in [-0.25, -0.2) is 4.79 Å². The van der Waals surface area contributed by atoms with Gasteiger partial charge < -0.3 is 10.1 Å². The van der Waals surface area contributed by atoms with E-state index in [1.54, 1.807) is 32.4 Å². The van der Waals surface area contributed by atoms with Crippen LogP contribution in [0.3, 0.4) is 0 Å². The molecule has 0 radical (unpaired) electrons. The summed E-state index contributed by atoms with van der Waals surface area (Å²) in [6, 6.07) is 1.63. The summed E-state index contributed by atoms with van der Waals surface area (Å²) in [7, 11) is 1.74. The standard InChI is InChI=1S/C9H12N2O2/c1-3-13-9(12)7-4-5-11-6-8(7)10-2/h4-6,10H,3H2,1-2H3. The van der Waals surface area contributed by atoms with Gasteiger partial charge in [0, 0.05) is 13.2 Å². The average Bonchev–Trinajstić information content (AvgIpc) is 2.18. The van der Waals surface area contributed by atoms with Crippen LogP contribution in [0.5, 0.6) is 0 Å². The minimum atomic E-state index is -0.325. The summed E-state index contributed by atoms with van der Waals surface area (Å²) in [6.45, 7) is 2.16. The molecule has 13 heavy (non-hydrogen) atoms. The largest absolute Gasteiger partial charge is 0.462 e. The molecule has 0 aliphatic rings. The fraction of sp³-hybridized carbons (Fsp3) is 0.333. The second kappa shape index (κ2) is 4.45. The lowest BCUT2D eigenvalue weighted by Crippen LogP contribution is -2.08. The first-order valence-electron chi connectivity index (χ1n) is 4.08. The molecule has 0 amide bonds. The molecule has 70 valence electrons. The molecular weight excluding hydrogens is 168 g/mol. The molecule has 0 aromatic carbocycles. The van der Waals surface area contributed by atoms with Gasteiger partial charge in [0.2, 0.25) is 0 Å². The number of carbonyl (C=O) groups excluding carboxylic acids is 1. The van der Waals surface area contributed by atoms with Crippen LogP contribution >= 0.6 is 0 Å². The van der Waals surface area contributed by atoms with Gasteiger partial charge in [-0.3, -0.25) is 4.98 Å². The first-order chi connectivity index (χ1) is 6.29. The minimum Gasteiger partial charge on any atom is -0.462 e. The van der Waals surface area contributed by atoms with Gasteiger partial charge in [-0.2, -0.15) is 0 Å². The van der Waals surface area contributed by atoms with Crippen molar-refractivity contribution in [2.75, 3.05) is 19.0 Å². The van der Waals surface area contributed by atoms with E-state index in [9.17, 15) is 4.79 Å². The average molecular weight is 180 g/mol. The lowest BCUT2D eigenvalue weighted by Gasteiger charge is -2.06. The van der Waals surface area contributed by atoms with Gasteiger partial charge in [0.1, 0.15) is 0 Å². The molecule has 1 heterocycles. The Kier molecular flexibility index (Phi) is 3.25. The first kappa shape index (κ1) is 9.51. The highest BCUT2D eigenvalue weighted by atomic mass is 16.5. The number of pyridine rings is 1. The lowest BCUT2D eigenvalue weighted by atomic mass is 10.2. The van der Waals surface area contributed by atoms with E-state index < -0.39 is 0 Å².